The van der Waals surface area contributed by atoms with E-state index in [2.05, 4.69) is 25.9 Å². The molecule has 1 amide bonds. The maximum absolute atomic E-state index is 12.3. The fourth-order valence-corrected chi connectivity index (χ4v) is 4.06. The van der Waals surface area contributed by atoms with E-state index < -0.39 is 11.6 Å². The zero-order chi connectivity index (χ0) is 22.4. The molecule has 0 radical (unpaired) electrons. The van der Waals surface area contributed by atoms with Gasteiger partial charge in [0.25, 0.3) is 0 Å². The second kappa shape index (κ2) is 10.1. The van der Waals surface area contributed by atoms with E-state index in [4.69, 9.17) is 4.74 Å². The van der Waals surface area contributed by atoms with E-state index in [-0.39, 0.29) is 11.8 Å². The van der Waals surface area contributed by atoms with E-state index in [9.17, 15) is 9.59 Å². The third-order valence-electron chi connectivity index (χ3n) is 5.72. The first-order valence-corrected chi connectivity index (χ1v) is 11.1. The van der Waals surface area contributed by atoms with Crippen LogP contribution in [0.15, 0.2) is 23.8 Å². The third kappa shape index (κ3) is 6.67. The third-order valence-corrected chi connectivity index (χ3v) is 5.72. The first-order chi connectivity index (χ1) is 14.7. The van der Waals surface area contributed by atoms with Crippen LogP contribution in [0.2, 0.25) is 0 Å². The Hall–Kier alpha value is -2.64. The summed E-state index contributed by atoms with van der Waals surface area (Å²) in [7, 11) is 1.33. The normalized spacial score (nSPS) is 18.3. The molecule has 0 bridgehead atoms. The molecule has 170 valence electrons. The zero-order valence-electron chi connectivity index (χ0n) is 19.1. The number of rotatable bonds is 4. The van der Waals surface area contributed by atoms with Crippen molar-refractivity contribution in [2.24, 2.45) is 5.92 Å². The smallest absolute Gasteiger partial charge is 0.410 e. The SMILES string of the molecule is COC(=O)c1ccc(N2CCC=C(CC3CCN(C(=O)OC(C)(C)C)CC3)CC2)nn1. The number of hydrogen-bond acceptors (Lipinski definition) is 7. The van der Waals surface area contributed by atoms with E-state index in [0.29, 0.717) is 5.92 Å². The van der Waals surface area contributed by atoms with Crippen molar-refractivity contribution in [3.05, 3.63) is 29.5 Å². The topological polar surface area (TPSA) is 84.9 Å². The lowest BCUT2D eigenvalue weighted by Crippen LogP contribution is -2.41. The zero-order valence-corrected chi connectivity index (χ0v) is 19.1. The van der Waals surface area contributed by atoms with Gasteiger partial charge in [-0.3, -0.25) is 0 Å². The second-order valence-corrected chi connectivity index (χ2v) is 9.27. The Labute approximate surface area is 184 Å². The number of esters is 1. The van der Waals surface area contributed by atoms with Gasteiger partial charge < -0.3 is 19.3 Å². The molecule has 1 aromatic heterocycles. The molecule has 3 heterocycles. The predicted molar refractivity (Wildman–Crippen MR) is 118 cm³/mol. The van der Waals surface area contributed by atoms with E-state index in [0.717, 1.165) is 64.1 Å². The number of hydrogen-bond donors (Lipinski definition) is 0. The minimum atomic E-state index is -0.475. The number of aromatic nitrogens is 2. The Morgan fingerprint density at radius 3 is 2.45 bits per heavy atom. The van der Waals surface area contributed by atoms with Gasteiger partial charge in [-0.1, -0.05) is 11.6 Å². The number of ether oxygens (including phenoxy) is 2. The van der Waals surface area contributed by atoms with Crippen LogP contribution >= 0.6 is 0 Å². The largest absolute Gasteiger partial charge is 0.464 e. The van der Waals surface area contributed by atoms with Gasteiger partial charge in [0.2, 0.25) is 0 Å². The molecule has 0 unspecified atom stereocenters. The molecule has 2 aliphatic rings. The molecular formula is C23H34N4O4. The van der Waals surface area contributed by atoms with Crippen LogP contribution < -0.4 is 4.90 Å². The Bertz CT molecular complexity index is 793. The van der Waals surface area contributed by atoms with Crippen LogP contribution in [0.5, 0.6) is 0 Å². The second-order valence-electron chi connectivity index (χ2n) is 9.27. The molecule has 0 spiro atoms. The highest BCUT2D eigenvalue weighted by Gasteiger charge is 2.27. The van der Waals surface area contributed by atoms with Gasteiger partial charge in [-0.15, -0.1) is 10.2 Å². The number of anilines is 1. The lowest BCUT2D eigenvalue weighted by atomic mass is 9.89. The molecule has 3 rings (SSSR count). The van der Waals surface area contributed by atoms with Crippen molar-refractivity contribution in [1.29, 1.82) is 0 Å². The number of piperidine rings is 1. The lowest BCUT2D eigenvalue weighted by molar-refractivity contribution is 0.0184. The van der Waals surface area contributed by atoms with Crippen molar-refractivity contribution < 1.29 is 19.1 Å². The van der Waals surface area contributed by atoms with E-state index in [1.807, 2.05) is 31.7 Å². The van der Waals surface area contributed by atoms with Crippen molar-refractivity contribution in [2.75, 3.05) is 38.2 Å². The molecule has 0 atom stereocenters. The van der Waals surface area contributed by atoms with Gasteiger partial charge in [-0.05, 0) is 70.9 Å². The fraction of sp³-hybridized carbons (Fsp3) is 0.652. The molecule has 2 aliphatic heterocycles. The Balaban J connectivity index is 1.46. The molecule has 1 aromatic rings. The number of likely N-dealkylation sites (tertiary alicyclic amines) is 1. The summed E-state index contributed by atoms with van der Waals surface area (Å²) in [6, 6.07) is 3.49. The maximum atomic E-state index is 12.3. The van der Waals surface area contributed by atoms with E-state index in [1.165, 1.54) is 12.7 Å². The first-order valence-electron chi connectivity index (χ1n) is 11.1. The van der Waals surface area contributed by atoms with Gasteiger partial charge >= 0.3 is 12.1 Å². The maximum Gasteiger partial charge on any atom is 0.410 e. The Kier molecular flexibility index (Phi) is 7.51. The average Bonchev–Trinajstić information content (AvgIpc) is 2.98. The molecule has 8 nitrogen and oxygen atoms in total. The lowest BCUT2D eigenvalue weighted by Gasteiger charge is -2.33. The molecule has 0 aromatic carbocycles. The molecular weight excluding hydrogens is 396 g/mol. The van der Waals surface area contributed by atoms with Gasteiger partial charge in [0.15, 0.2) is 11.5 Å². The quantitative estimate of drug-likeness (QED) is 0.530. The van der Waals surface area contributed by atoms with Crippen LogP contribution in [0.25, 0.3) is 0 Å². The molecule has 0 N–H and O–H groups in total. The number of methoxy groups -OCH3 is 1. The number of nitrogens with zero attached hydrogens (tertiary/aromatic N) is 4. The summed E-state index contributed by atoms with van der Waals surface area (Å²) in [4.78, 5) is 27.8. The number of amides is 1. The molecule has 31 heavy (non-hydrogen) atoms. The van der Waals surface area contributed by atoms with Crippen LogP contribution in [0, 0.1) is 5.92 Å². The van der Waals surface area contributed by atoms with Gasteiger partial charge in [0.05, 0.1) is 7.11 Å². The van der Waals surface area contributed by atoms with Crippen molar-refractivity contribution in [3.63, 3.8) is 0 Å². The Morgan fingerprint density at radius 1 is 1.10 bits per heavy atom. The van der Waals surface area contributed by atoms with Gasteiger partial charge in [-0.2, -0.15) is 0 Å². The van der Waals surface area contributed by atoms with Crippen LogP contribution in [0.4, 0.5) is 10.6 Å². The highest BCUT2D eigenvalue weighted by Crippen LogP contribution is 2.28. The van der Waals surface area contributed by atoms with Crippen LogP contribution in [0.1, 0.15) is 63.4 Å². The van der Waals surface area contributed by atoms with Crippen molar-refractivity contribution in [1.82, 2.24) is 15.1 Å². The van der Waals surface area contributed by atoms with Crippen molar-refractivity contribution in [3.8, 4) is 0 Å². The first kappa shape index (κ1) is 23.0. The van der Waals surface area contributed by atoms with E-state index >= 15 is 0 Å². The van der Waals surface area contributed by atoms with Crippen LogP contribution in [0.3, 0.4) is 0 Å². The summed E-state index contributed by atoms with van der Waals surface area (Å²) < 4.78 is 10.2. The summed E-state index contributed by atoms with van der Waals surface area (Å²) in [5.41, 5.74) is 1.25. The predicted octanol–water partition coefficient (Wildman–Crippen LogP) is 3.83. The fourth-order valence-electron chi connectivity index (χ4n) is 4.06. The number of carbonyl (C=O) groups excluding carboxylic acids is 2. The molecule has 0 aliphatic carbocycles. The molecule has 1 fully saturated rings. The van der Waals surface area contributed by atoms with E-state index in [1.54, 1.807) is 6.07 Å². The molecule has 0 saturated carbocycles. The van der Waals surface area contributed by atoms with Crippen molar-refractivity contribution in [2.45, 2.75) is 58.5 Å². The molecule has 1 saturated heterocycles. The minimum absolute atomic E-state index is 0.199. The minimum Gasteiger partial charge on any atom is -0.464 e. The summed E-state index contributed by atoms with van der Waals surface area (Å²) in [5.74, 6) is 0.917. The highest BCUT2D eigenvalue weighted by molar-refractivity contribution is 5.86. The van der Waals surface area contributed by atoms with Gasteiger partial charge in [-0.25, -0.2) is 9.59 Å². The van der Waals surface area contributed by atoms with Gasteiger partial charge in [0.1, 0.15) is 5.60 Å². The summed E-state index contributed by atoms with van der Waals surface area (Å²) in [5, 5.41) is 8.19. The summed E-state index contributed by atoms with van der Waals surface area (Å²) in [6.45, 7) is 9.00. The van der Waals surface area contributed by atoms with Gasteiger partial charge in [0, 0.05) is 26.2 Å². The monoisotopic (exact) mass is 430 g/mol. The summed E-state index contributed by atoms with van der Waals surface area (Å²) >= 11 is 0. The summed E-state index contributed by atoms with van der Waals surface area (Å²) in [6.07, 6.45) is 7.23. The van der Waals surface area contributed by atoms with Crippen molar-refractivity contribution >= 4 is 17.9 Å². The number of carbonyl (C=O) groups is 2. The van der Waals surface area contributed by atoms with Crippen LogP contribution in [-0.4, -0.2) is 66.0 Å². The standard InChI is InChI=1S/C23H34N4O4/c1-23(2,3)31-22(29)27-14-10-18(11-15-27)16-17-6-5-12-26(13-9-17)20-8-7-19(24-25-20)21(28)30-4/h6-8,18H,5,9-16H2,1-4H3. The Morgan fingerprint density at radius 2 is 1.84 bits per heavy atom. The average molecular weight is 431 g/mol. The van der Waals surface area contributed by atoms with Crippen LogP contribution in [-0.2, 0) is 9.47 Å². The molecule has 8 heteroatoms. The highest BCUT2D eigenvalue weighted by atomic mass is 16.6.